The smallest absolute Gasteiger partial charge is 0.227 e. The molecule has 0 unspecified atom stereocenters. The first-order valence-electron chi connectivity index (χ1n) is 9.27. The fraction of sp³-hybridized carbons (Fsp3) is 0.333. The first kappa shape index (κ1) is 15.6. The summed E-state index contributed by atoms with van der Waals surface area (Å²) < 4.78 is 2.08. The average Bonchev–Trinajstić information content (AvgIpc) is 3.20. The Morgan fingerprint density at radius 2 is 1.38 bits per heavy atom. The van der Waals surface area contributed by atoms with E-state index in [4.69, 9.17) is 0 Å². The van der Waals surface area contributed by atoms with Crippen molar-refractivity contribution in [2.24, 2.45) is 7.05 Å². The molecule has 1 aromatic heterocycles. The van der Waals surface area contributed by atoms with Crippen molar-refractivity contribution in [3.63, 3.8) is 0 Å². The van der Waals surface area contributed by atoms with E-state index in [1.165, 1.54) is 22.3 Å². The van der Waals surface area contributed by atoms with E-state index in [0.29, 0.717) is 6.04 Å². The zero-order valence-electron chi connectivity index (χ0n) is 15.3. The molecule has 5 heteroatoms. The molecule has 2 aliphatic rings. The predicted molar refractivity (Wildman–Crippen MR) is 103 cm³/mol. The molecule has 0 spiro atoms. The summed E-state index contributed by atoms with van der Waals surface area (Å²) in [5.74, 6) is 1.94. The van der Waals surface area contributed by atoms with Crippen molar-refractivity contribution in [3.05, 3.63) is 65.5 Å². The fourth-order valence-electron chi connectivity index (χ4n) is 4.37. The number of rotatable bonds is 2. The largest absolute Gasteiger partial charge is 0.338 e. The lowest BCUT2D eigenvalue weighted by molar-refractivity contribution is 0.214. The molecule has 0 saturated carbocycles. The van der Waals surface area contributed by atoms with Crippen LogP contribution in [0.5, 0.6) is 0 Å². The molecule has 0 N–H and O–H groups in total. The van der Waals surface area contributed by atoms with Gasteiger partial charge in [-0.2, -0.15) is 0 Å². The van der Waals surface area contributed by atoms with Crippen LogP contribution in [0.25, 0.3) is 11.1 Å². The monoisotopic (exact) mass is 345 g/mol. The lowest BCUT2D eigenvalue weighted by atomic mass is 10.0. The normalized spacial score (nSPS) is 17.4. The minimum Gasteiger partial charge on any atom is -0.338 e. The molecule has 2 heterocycles. The van der Waals surface area contributed by atoms with Gasteiger partial charge in [0.1, 0.15) is 5.82 Å². The maximum absolute atomic E-state index is 4.35. The van der Waals surface area contributed by atoms with Gasteiger partial charge in [0.15, 0.2) is 0 Å². The van der Waals surface area contributed by atoms with Gasteiger partial charge in [-0.05, 0) is 29.2 Å². The lowest BCUT2D eigenvalue weighted by Crippen LogP contribution is -2.48. The van der Waals surface area contributed by atoms with Gasteiger partial charge in [-0.1, -0.05) is 48.5 Å². The van der Waals surface area contributed by atoms with Crippen molar-refractivity contribution in [2.75, 3.05) is 31.1 Å². The molecule has 2 aromatic carbocycles. The Morgan fingerprint density at radius 3 is 1.92 bits per heavy atom. The first-order valence-corrected chi connectivity index (χ1v) is 9.27. The summed E-state index contributed by atoms with van der Waals surface area (Å²) in [6.45, 7) is 6.01. The molecular weight excluding hydrogens is 322 g/mol. The molecule has 1 saturated heterocycles. The number of fused-ring (bicyclic) bond motifs is 3. The van der Waals surface area contributed by atoms with Gasteiger partial charge in [0, 0.05) is 33.2 Å². The third-order valence-electron chi connectivity index (χ3n) is 5.83. The maximum atomic E-state index is 4.35. The number of anilines is 1. The van der Waals surface area contributed by atoms with E-state index >= 15 is 0 Å². The van der Waals surface area contributed by atoms with Gasteiger partial charge in [-0.15, -0.1) is 10.2 Å². The standard InChI is InChI=1S/C21H23N5/c1-15-22-23-21(24(15)2)26-13-11-25(12-14-26)20-18-9-5-3-7-16(18)17-8-4-6-10-19(17)20/h3-10,20H,11-14H2,1-2H3. The minimum atomic E-state index is 0.366. The zero-order chi connectivity index (χ0) is 17.7. The molecule has 1 fully saturated rings. The van der Waals surface area contributed by atoms with Gasteiger partial charge in [0.2, 0.25) is 5.95 Å². The van der Waals surface area contributed by atoms with Gasteiger partial charge < -0.3 is 9.47 Å². The predicted octanol–water partition coefficient (Wildman–Crippen LogP) is 3.02. The maximum Gasteiger partial charge on any atom is 0.227 e. The Morgan fingerprint density at radius 1 is 0.808 bits per heavy atom. The number of hydrogen-bond donors (Lipinski definition) is 0. The highest BCUT2D eigenvalue weighted by atomic mass is 15.4. The van der Waals surface area contributed by atoms with Crippen molar-refractivity contribution in [3.8, 4) is 11.1 Å². The molecule has 132 valence electrons. The molecule has 26 heavy (non-hydrogen) atoms. The van der Waals surface area contributed by atoms with Gasteiger partial charge >= 0.3 is 0 Å². The van der Waals surface area contributed by atoms with Gasteiger partial charge in [-0.25, -0.2) is 0 Å². The van der Waals surface area contributed by atoms with Crippen LogP contribution >= 0.6 is 0 Å². The van der Waals surface area contributed by atoms with E-state index in [9.17, 15) is 0 Å². The van der Waals surface area contributed by atoms with Crippen molar-refractivity contribution in [2.45, 2.75) is 13.0 Å². The number of piperazine rings is 1. The van der Waals surface area contributed by atoms with Crippen LogP contribution in [0.15, 0.2) is 48.5 Å². The minimum absolute atomic E-state index is 0.366. The highest BCUT2D eigenvalue weighted by Gasteiger charge is 2.34. The zero-order valence-corrected chi connectivity index (χ0v) is 15.3. The Balaban J connectivity index is 1.43. The molecule has 1 aliphatic heterocycles. The summed E-state index contributed by atoms with van der Waals surface area (Å²) in [6.07, 6.45) is 0. The second-order valence-corrected chi connectivity index (χ2v) is 7.21. The fourth-order valence-corrected chi connectivity index (χ4v) is 4.37. The topological polar surface area (TPSA) is 37.2 Å². The Bertz CT molecular complexity index is 907. The van der Waals surface area contributed by atoms with Crippen molar-refractivity contribution < 1.29 is 0 Å². The third kappa shape index (κ3) is 2.27. The van der Waals surface area contributed by atoms with Crippen molar-refractivity contribution in [1.82, 2.24) is 19.7 Å². The van der Waals surface area contributed by atoms with Crippen LogP contribution in [0.4, 0.5) is 5.95 Å². The van der Waals surface area contributed by atoms with E-state index in [1.54, 1.807) is 0 Å². The number of aryl methyl sites for hydroxylation is 1. The molecule has 0 radical (unpaired) electrons. The molecule has 5 rings (SSSR count). The summed E-state index contributed by atoms with van der Waals surface area (Å²) in [5.41, 5.74) is 5.66. The summed E-state index contributed by atoms with van der Waals surface area (Å²) in [5, 5.41) is 8.56. The highest BCUT2D eigenvalue weighted by Crippen LogP contribution is 2.46. The Labute approximate surface area is 153 Å². The van der Waals surface area contributed by atoms with Crippen molar-refractivity contribution >= 4 is 5.95 Å². The van der Waals surface area contributed by atoms with E-state index in [-0.39, 0.29) is 0 Å². The van der Waals surface area contributed by atoms with Gasteiger partial charge in [-0.3, -0.25) is 4.90 Å². The molecule has 5 nitrogen and oxygen atoms in total. The van der Waals surface area contributed by atoms with Crippen LogP contribution < -0.4 is 4.90 Å². The summed E-state index contributed by atoms with van der Waals surface area (Å²) in [7, 11) is 2.04. The van der Waals surface area contributed by atoms with E-state index in [1.807, 2.05) is 14.0 Å². The van der Waals surface area contributed by atoms with E-state index in [2.05, 4.69) is 73.1 Å². The Hall–Kier alpha value is -2.66. The second kappa shape index (κ2) is 5.95. The number of aromatic nitrogens is 3. The van der Waals surface area contributed by atoms with Crippen LogP contribution in [-0.2, 0) is 7.05 Å². The quantitative estimate of drug-likeness (QED) is 0.715. The SMILES string of the molecule is Cc1nnc(N2CCN(C3c4ccccc4-c4ccccc43)CC2)n1C. The van der Waals surface area contributed by atoms with Crippen LogP contribution in [0, 0.1) is 6.92 Å². The first-order chi connectivity index (χ1) is 12.7. The molecule has 1 aliphatic carbocycles. The molecule has 0 amide bonds. The lowest BCUT2D eigenvalue weighted by Gasteiger charge is -2.38. The summed E-state index contributed by atoms with van der Waals surface area (Å²) >= 11 is 0. The molecule has 0 bridgehead atoms. The number of hydrogen-bond acceptors (Lipinski definition) is 4. The summed E-state index contributed by atoms with van der Waals surface area (Å²) in [6, 6.07) is 18.1. The van der Waals surface area contributed by atoms with Gasteiger partial charge in [0.05, 0.1) is 6.04 Å². The Kier molecular flexibility index (Phi) is 3.57. The number of nitrogens with zero attached hydrogens (tertiary/aromatic N) is 5. The van der Waals surface area contributed by atoms with Crippen LogP contribution in [0.1, 0.15) is 23.0 Å². The van der Waals surface area contributed by atoms with Crippen molar-refractivity contribution in [1.29, 1.82) is 0 Å². The molecule has 3 aromatic rings. The highest BCUT2D eigenvalue weighted by molar-refractivity contribution is 5.78. The van der Waals surface area contributed by atoms with Gasteiger partial charge in [0.25, 0.3) is 0 Å². The second-order valence-electron chi connectivity index (χ2n) is 7.21. The van der Waals surface area contributed by atoms with Crippen LogP contribution in [0.3, 0.4) is 0 Å². The van der Waals surface area contributed by atoms with Crippen LogP contribution in [-0.4, -0.2) is 45.8 Å². The van der Waals surface area contributed by atoms with E-state index in [0.717, 1.165) is 38.0 Å². The molecular formula is C21H23N5. The van der Waals surface area contributed by atoms with Crippen LogP contribution in [0.2, 0.25) is 0 Å². The third-order valence-corrected chi connectivity index (χ3v) is 5.83. The number of benzene rings is 2. The average molecular weight is 345 g/mol. The summed E-state index contributed by atoms with van der Waals surface area (Å²) in [4.78, 5) is 4.97. The molecule has 0 atom stereocenters. The van der Waals surface area contributed by atoms with E-state index < -0.39 is 0 Å².